The van der Waals surface area contributed by atoms with Gasteiger partial charge >= 0.3 is 0 Å². The van der Waals surface area contributed by atoms with E-state index in [9.17, 15) is 10.1 Å². The quantitative estimate of drug-likeness (QED) is 0.677. The maximum Gasteiger partial charge on any atom is 0.248 e. The zero-order valence-electron chi connectivity index (χ0n) is 16.7. The van der Waals surface area contributed by atoms with E-state index in [0.29, 0.717) is 17.1 Å². The molecule has 7 nitrogen and oxygen atoms in total. The summed E-state index contributed by atoms with van der Waals surface area (Å²) in [5, 5.41) is 12.8. The Kier molecular flexibility index (Phi) is 5.31. The summed E-state index contributed by atoms with van der Waals surface area (Å²) < 4.78 is 0. The molecule has 0 atom stereocenters. The molecule has 0 bridgehead atoms. The summed E-state index contributed by atoms with van der Waals surface area (Å²) in [6, 6.07) is 15.2. The fourth-order valence-electron chi connectivity index (χ4n) is 3.68. The number of aryl methyl sites for hydroxylation is 1. The number of hydrogen-bond donors (Lipinski definition) is 2. The van der Waals surface area contributed by atoms with Crippen LogP contribution in [0.5, 0.6) is 0 Å². The standard InChI is InChI=1S/C23H22N6O/c1-15-12-17(22(25)30)4-6-19(15)27-23-26-9-8-20(28-23)16-5-7-21(18(13-16)14-24)29-10-2-3-11-29/h4-9,12-13H,2-3,10-11H2,1H3,(H2,25,30)(H,26,27,28). The molecule has 1 aliphatic heterocycles. The smallest absolute Gasteiger partial charge is 0.248 e. The molecule has 150 valence electrons. The number of hydrogen-bond acceptors (Lipinski definition) is 6. The van der Waals surface area contributed by atoms with Crippen LogP contribution in [0.4, 0.5) is 17.3 Å². The zero-order valence-corrected chi connectivity index (χ0v) is 16.7. The first-order valence-corrected chi connectivity index (χ1v) is 9.85. The zero-order chi connectivity index (χ0) is 21.1. The van der Waals surface area contributed by atoms with E-state index < -0.39 is 5.91 Å². The first kappa shape index (κ1) is 19.4. The molecule has 3 aromatic rings. The molecule has 1 aliphatic rings. The Morgan fingerprint density at radius 3 is 2.67 bits per heavy atom. The minimum absolute atomic E-state index is 0.435. The van der Waals surface area contributed by atoms with Gasteiger partial charge in [-0.15, -0.1) is 0 Å². The third-order valence-corrected chi connectivity index (χ3v) is 5.27. The molecule has 7 heteroatoms. The van der Waals surface area contributed by atoms with Gasteiger partial charge in [0, 0.05) is 36.1 Å². The predicted molar refractivity (Wildman–Crippen MR) is 117 cm³/mol. The highest BCUT2D eigenvalue weighted by atomic mass is 16.1. The molecular formula is C23H22N6O. The number of carbonyl (C=O) groups is 1. The number of benzene rings is 2. The number of primary amides is 1. The Bertz CT molecular complexity index is 1140. The SMILES string of the molecule is Cc1cc(C(N)=O)ccc1Nc1nccc(-c2ccc(N3CCCC3)c(C#N)c2)n1. The first-order valence-electron chi connectivity index (χ1n) is 9.85. The average Bonchev–Trinajstić information content (AvgIpc) is 3.29. The van der Waals surface area contributed by atoms with Crippen molar-refractivity contribution in [1.82, 2.24) is 9.97 Å². The van der Waals surface area contributed by atoms with E-state index in [1.165, 1.54) is 0 Å². The lowest BCUT2D eigenvalue weighted by Crippen LogP contribution is -2.18. The number of nitrogens with one attached hydrogen (secondary N) is 1. The van der Waals surface area contributed by atoms with Gasteiger partial charge in [0.15, 0.2) is 0 Å². The normalized spacial score (nSPS) is 13.1. The summed E-state index contributed by atoms with van der Waals surface area (Å²) in [5.74, 6) is -0.0295. The van der Waals surface area contributed by atoms with Gasteiger partial charge in [0.05, 0.1) is 16.9 Å². The number of rotatable bonds is 5. The van der Waals surface area contributed by atoms with Crippen molar-refractivity contribution in [3.8, 4) is 17.3 Å². The summed E-state index contributed by atoms with van der Waals surface area (Å²) in [6.45, 7) is 3.86. The molecule has 1 saturated heterocycles. The van der Waals surface area contributed by atoms with Crippen LogP contribution >= 0.6 is 0 Å². The maximum absolute atomic E-state index is 11.3. The van der Waals surface area contributed by atoms with Crippen molar-refractivity contribution < 1.29 is 4.79 Å². The Hall–Kier alpha value is -3.92. The highest BCUT2D eigenvalue weighted by Gasteiger charge is 2.17. The van der Waals surface area contributed by atoms with Crippen molar-refractivity contribution in [2.75, 3.05) is 23.3 Å². The molecule has 1 fully saturated rings. The second-order valence-corrected chi connectivity index (χ2v) is 7.32. The summed E-state index contributed by atoms with van der Waals surface area (Å²) in [5.41, 5.74) is 10.7. The number of carbonyl (C=O) groups excluding carboxylic acids is 1. The van der Waals surface area contributed by atoms with Gasteiger partial charge < -0.3 is 16.0 Å². The van der Waals surface area contributed by atoms with Gasteiger partial charge in [0.2, 0.25) is 11.9 Å². The van der Waals surface area contributed by atoms with Crippen LogP contribution in [0.1, 0.15) is 34.3 Å². The van der Waals surface area contributed by atoms with Gasteiger partial charge in [-0.3, -0.25) is 4.79 Å². The van der Waals surface area contributed by atoms with E-state index in [1.54, 1.807) is 24.4 Å². The second-order valence-electron chi connectivity index (χ2n) is 7.32. The Morgan fingerprint density at radius 1 is 1.17 bits per heavy atom. The average molecular weight is 398 g/mol. The van der Waals surface area contributed by atoms with Crippen molar-refractivity contribution in [3.63, 3.8) is 0 Å². The summed E-state index contributed by atoms with van der Waals surface area (Å²) in [6.07, 6.45) is 4.00. The Balaban J connectivity index is 1.61. The number of nitriles is 1. The molecule has 4 rings (SSSR count). The van der Waals surface area contributed by atoms with Crippen LogP contribution in [0.2, 0.25) is 0 Å². The van der Waals surface area contributed by atoms with Crippen LogP contribution in [0.3, 0.4) is 0 Å². The van der Waals surface area contributed by atoms with Gasteiger partial charge in [-0.2, -0.15) is 5.26 Å². The minimum atomic E-state index is -0.464. The van der Waals surface area contributed by atoms with Crippen LogP contribution in [0.15, 0.2) is 48.7 Å². The minimum Gasteiger partial charge on any atom is -0.370 e. The van der Waals surface area contributed by atoms with E-state index in [0.717, 1.165) is 54.1 Å². The van der Waals surface area contributed by atoms with Gasteiger partial charge in [0.1, 0.15) is 6.07 Å². The summed E-state index contributed by atoms with van der Waals surface area (Å²) >= 11 is 0. The fraction of sp³-hybridized carbons (Fsp3) is 0.217. The van der Waals surface area contributed by atoms with E-state index in [4.69, 9.17) is 5.73 Å². The largest absolute Gasteiger partial charge is 0.370 e. The molecule has 0 saturated carbocycles. The molecule has 0 unspecified atom stereocenters. The lowest BCUT2D eigenvalue weighted by Gasteiger charge is -2.19. The molecule has 0 aliphatic carbocycles. The summed E-state index contributed by atoms with van der Waals surface area (Å²) in [7, 11) is 0. The van der Waals surface area contributed by atoms with Crippen LogP contribution in [-0.4, -0.2) is 29.0 Å². The van der Waals surface area contributed by atoms with Crippen molar-refractivity contribution >= 4 is 23.2 Å². The predicted octanol–water partition coefficient (Wildman–Crippen LogP) is 3.77. The molecule has 1 amide bonds. The first-order chi connectivity index (χ1) is 14.5. The van der Waals surface area contributed by atoms with Gasteiger partial charge in [0.25, 0.3) is 0 Å². The monoisotopic (exact) mass is 398 g/mol. The number of nitrogens with zero attached hydrogens (tertiary/aromatic N) is 4. The lowest BCUT2D eigenvalue weighted by molar-refractivity contribution is 0.1000. The molecule has 3 N–H and O–H groups in total. The third kappa shape index (κ3) is 3.94. The number of nitrogens with two attached hydrogens (primary N) is 1. The fourth-order valence-corrected chi connectivity index (χ4v) is 3.68. The van der Waals surface area contributed by atoms with Gasteiger partial charge in [-0.05, 0) is 61.7 Å². The lowest BCUT2D eigenvalue weighted by atomic mass is 10.1. The van der Waals surface area contributed by atoms with Gasteiger partial charge in [-0.1, -0.05) is 6.07 Å². The topological polar surface area (TPSA) is 108 Å². The molecule has 1 aromatic heterocycles. The number of amides is 1. The van der Waals surface area contributed by atoms with E-state index in [1.807, 2.05) is 31.2 Å². The van der Waals surface area contributed by atoms with Crippen LogP contribution < -0.4 is 16.0 Å². The van der Waals surface area contributed by atoms with Crippen molar-refractivity contribution in [3.05, 3.63) is 65.4 Å². The third-order valence-electron chi connectivity index (χ3n) is 5.27. The van der Waals surface area contributed by atoms with Crippen LogP contribution in [0.25, 0.3) is 11.3 Å². The highest BCUT2D eigenvalue weighted by Crippen LogP contribution is 2.29. The second kappa shape index (κ2) is 8.21. The highest BCUT2D eigenvalue weighted by molar-refractivity contribution is 5.93. The van der Waals surface area contributed by atoms with E-state index in [2.05, 4.69) is 26.3 Å². The van der Waals surface area contributed by atoms with E-state index in [-0.39, 0.29) is 0 Å². The van der Waals surface area contributed by atoms with Crippen molar-refractivity contribution in [2.45, 2.75) is 19.8 Å². The number of aromatic nitrogens is 2. The molecule has 2 aromatic carbocycles. The van der Waals surface area contributed by atoms with Crippen molar-refractivity contribution in [2.24, 2.45) is 5.73 Å². The summed E-state index contributed by atoms with van der Waals surface area (Å²) in [4.78, 5) is 22.5. The number of anilines is 3. The Labute approximate surface area is 175 Å². The van der Waals surface area contributed by atoms with Crippen molar-refractivity contribution in [1.29, 1.82) is 5.26 Å². The molecule has 30 heavy (non-hydrogen) atoms. The molecular weight excluding hydrogens is 376 g/mol. The molecule has 0 spiro atoms. The maximum atomic E-state index is 11.3. The molecule has 0 radical (unpaired) electrons. The Morgan fingerprint density at radius 2 is 1.97 bits per heavy atom. The molecule has 2 heterocycles. The van der Waals surface area contributed by atoms with Gasteiger partial charge in [-0.25, -0.2) is 9.97 Å². The van der Waals surface area contributed by atoms with Crippen LogP contribution in [-0.2, 0) is 0 Å². The van der Waals surface area contributed by atoms with E-state index >= 15 is 0 Å². The van der Waals surface area contributed by atoms with Crippen LogP contribution in [0, 0.1) is 18.3 Å².